The van der Waals surface area contributed by atoms with E-state index in [9.17, 15) is 18.9 Å². The number of hydrogen-bond donors (Lipinski definition) is 1. The number of carbonyl (C=O) groups is 3. The molecule has 0 aliphatic carbocycles. The van der Waals surface area contributed by atoms with Gasteiger partial charge in [-0.2, -0.15) is 0 Å². The van der Waals surface area contributed by atoms with Crippen molar-refractivity contribution >= 4 is 30.7 Å². The van der Waals surface area contributed by atoms with E-state index in [1.807, 2.05) is 73.8 Å². The number of rotatable bonds is 18. The lowest BCUT2D eigenvalue weighted by Crippen LogP contribution is -2.53. The Morgan fingerprint density at radius 2 is 1.45 bits per heavy atom. The third-order valence-corrected chi connectivity index (χ3v) is 11.2. The van der Waals surface area contributed by atoms with Crippen LogP contribution in [0.5, 0.6) is 0 Å². The molecule has 11 heteroatoms. The molecule has 262 valence electrons. The molecule has 1 amide bonds. The van der Waals surface area contributed by atoms with Crippen molar-refractivity contribution in [1.82, 2.24) is 10.2 Å². The Morgan fingerprint density at radius 3 is 2.14 bits per heavy atom. The highest BCUT2D eigenvalue weighted by Crippen LogP contribution is 2.53. The van der Waals surface area contributed by atoms with Gasteiger partial charge in [-0.05, 0) is 68.8 Å². The van der Waals surface area contributed by atoms with Crippen LogP contribution in [0.25, 0.3) is 0 Å². The summed E-state index contributed by atoms with van der Waals surface area (Å²) < 4.78 is 38.0. The van der Waals surface area contributed by atoms with E-state index < -0.39 is 19.6 Å². The molecule has 3 aromatic carbocycles. The molecule has 0 radical (unpaired) electrons. The summed E-state index contributed by atoms with van der Waals surface area (Å²) in [5.41, 5.74) is 1.79. The molecule has 0 spiro atoms. The smallest absolute Gasteiger partial charge is 0.361 e. The summed E-state index contributed by atoms with van der Waals surface area (Å²) in [6.45, 7) is 0.764. The standard InChI is InChI=1S/C38H47N2O8P/c1-40-31-21-22-33(40)37(34(26-31)48-49(44,32-18-10-4-11-19-32)47-28-30-16-8-3-9-17-30)38(43)45-25-13-5-12-20-35(41)39-24-23-36(42)46-27-29-14-6-2-7-15-29/h2-4,6-11,14-19,31,33-34,37H,5,12-13,20-28H2,1H3,(H,39,41)/t31-,33+,34-,37+,49?/m0/s1. The van der Waals surface area contributed by atoms with Gasteiger partial charge in [-0.1, -0.05) is 78.9 Å². The van der Waals surface area contributed by atoms with Crippen LogP contribution < -0.4 is 10.6 Å². The van der Waals surface area contributed by atoms with Crippen LogP contribution in [0.2, 0.25) is 0 Å². The van der Waals surface area contributed by atoms with E-state index in [0.717, 1.165) is 24.0 Å². The first kappa shape index (κ1) is 36.5. The van der Waals surface area contributed by atoms with E-state index in [0.29, 0.717) is 37.4 Å². The van der Waals surface area contributed by atoms with E-state index in [4.69, 9.17) is 18.5 Å². The van der Waals surface area contributed by atoms with Gasteiger partial charge in [0, 0.05) is 25.0 Å². The second-order valence-electron chi connectivity index (χ2n) is 12.7. The van der Waals surface area contributed by atoms with Crippen LogP contribution in [0.3, 0.4) is 0 Å². The lowest BCUT2D eigenvalue weighted by atomic mass is 9.88. The largest absolute Gasteiger partial charge is 0.465 e. The maximum atomic E-state index is 14.4. The predicted molar refractivity (Wildman–Crippen MR) is 186 cm³/mol. The van der Waals surface area contributed by atoms with Crippen molar-refractivity contribution in [3.8, 4) is 0 Å². The van der Waals surface area contributed by atoms with Crippen molar-refractivity contribution in [2.75, 3.05) is 20.2 Å². The lowest BCUT2D eigenvalue weighted by molar-refractivity contribution is -0.158. The summed E-state index contributed by atoms with van der Waals surface area (Å²) in [6, 6.07) is 28.0. The number of nitrogens with one attached hydrogen (secondary N) is 1. The Hall–Kier alpha value is -3.82. The number of unbranched alkanes of at least 4 members (excludes halogenated alkanes) is 2. The number of esters is 2. The SMILES string of the molecule is CN1[C@H]2CC[C@@H]1[C@@H](C(=O)OCCCCCC(=O)NCCC(=O)OCc1ccccc1)[C@@H](OP(=O)(OCc1ccccc1)c1ccccc1)C2. The van der Waals surface area contributed by atoms with Gasteiger partial charge in [0.25, 0.3) is 0 Å². The number of benzene rings is 3. The molecule has 2 bridgehead atoms. The number of hydrogen-bond acceptors (Lipinski definition) is 9. The van der Waals surface area contributed by atoms with Crippen LogP contribution in [-0.2, 0) is 50.7 Å². The van der Waals surface area contributed by atoms with Crippen LogP contribution >= 0.6 is 7.60 Å². The molecule has 0 aromatic heterocycles. The van der Waals surface area contributed by atoms with Gasteiger partial charge in [-0.25, -0.2) is 0 Å². The van der Waals surface area contributed by atoms with Crippen molar-refractivity contribution in [2.24, 2.45) is 5.92 Å². The first-order valence-corrected chi connectivity index (χ1v) is 18.7. The molecule has 5 rings (SSSR count). The Bertz CT molecular complexity index is 1540. The highest BCUT2D eigenvalue weighted by molar-refractivity contribution is 7.62. The third kappa shape index (κ3) is 10.6. The van der Waals surface area contributed by atoms with Gasteiger partial charge < -0.3 is 23.8 Å². The summed E-state index contributed by atoms with van der Waals surface area (Å²) in [7, 11) is -1.77. The number of piperidine rings is 1. The molecule has 5 atom stereocenters. The lowest BCUT2D eigenvalue weighted by Gasteiger charge is -2.42. The quantitative estimate of drug-likeness (QED) is 0.0982. The molecule has 2 aliphatic heterocycles. The van der Waals surface area contributed by atoms with Crippen molar-refractivity contribution in [2.45, 2.75) is 82.8 Å². The number of ether oxygens (including phenoxy) is 2. The summed E-state index contributed by atoms with van der Waals surface area (Å²) in [5, 5.41) is 3.21. The Balaban J connectivity index is 1.06. The Labute approximate surface area is 289 Å². The number of carbonyl (C=O) groups excluding carboxylic acids is 3. The van der Waals surface area contributed by atoms with Crippen LogP contribution in [0, 0.1) is 5.92 Å². The van der Waals surface area contributed by atoms with Gasteiger partial charge in [0.2, 0.25) is 5.91 Å². The highest BCUT2D eigenvalue weighted by Gasteiger charge is 2.52. The third-order valence-electron chi connectivity index (χ3n) is 9.26. The average Bonchev–Trinajstić information content (AvgIpc) is 3.35. The molecule has 49 heavy (non-hydrogen) atoms. The molecule has 2 heterocycles. The molecule has 2 aliphatic rings. The van der Waals surface area contributed by atoms with Crippen molar-refractivity contribution in [3.63, 3.8) is 0 Å². The zero-order valence-corrected chi connectivity index (χ0v) is 29.0. The Morgan fingerprint density at radius 1 is 0.796 bits per heavy atom. The normalized spacial score (nSPS) is 21.4. The first-order valence-electron chi connectivity index (χ1n) is 17.2. The van der Waals surface area contributed by atoms with Gasteiger partial charge in [-0.3, -0.25) is 23.8 Å². The molecular weight excluding hydrogens is 643 g/mol. The first-order chi connectivity index (χ1) is 23.8. The van der Waals surface area contributed by atoms with Gasteiger partial charge in [0.15, 0.2) is 0 Å². The number of amides is 1. The molecule has 1 N–H and O–H groups in total. The topological polar surface area (TPSA) is 120 Å². The van der Waals surface area contributed by atoms with E-state index >= 15 is 0 Å². The molecule has 3 aromatic rings. The van der Waals surface area contributed by atoms with Gasteiger partial charge in [0.05, 0.1) is 37.0 Å². The Kier molecular flexibility index (Phi) is 13.6. The minimum atomic E-state index is -3.80. The van der Waals surface area contributed by atoms with Crippen molar-refractivity contribution in [1.29, 1.82) is 0 Å². The number of fused-ring (bicyclic) bond motifs is 2. The fourth-order valence-electron chi connectivity index (χ4n) is 6.56. The van der Waals surface area contributed by atoms with Crippen molar-refractivity contribution < 1.29 is 37.5 Å². The second kappa shape index (κ2) is 18.3. The van der Waals surface area contributed by atoms with Gasteiger partial charge in [0.1, 0.15) is 6.61 Å². The van der Waals surface area contributed by atoms with Crippen LogP contribution in [0.1, 0.15) is 62.5 Å². The maximum absolute atomic E-state index is 14.4. The van der Waals surface area contributed by atoms with E-state index in [1.165, 1.54) is 0 Å². The van der Waals surface area contributed by atoms with E-state index in [-0.39, 0.29) is 62.7 Å². The fraction of sp³-hybridized carbons (Fsp3) is 0.447. The van der Waals surface area contributed by atoms with Crippen LogP contribution in [0.15, 0.2) is 91.0 Å². The van der Waals surface area contributed by atoms with E-state index in [2.05, 4.69) is 10.2 Å². The molecule has 0 saturated carbocycles. The molecule has 10 nitrogen and oxygen atoms in total. The van der Waals surface area contributed by atoms with Gasteiger partial charge in [-0.15, -0.1) is 0 Å². The average molecular weight is 691 g/mol. The molecule has 1 unspecified atom stereocenters. The molecule has 2 saturated heterocycles. The van der Waals surface area contributed by atoms with E-state index in [1.54, 1.807) is 24.3 Å². The fourth-order valence-corrected chi connectivity index (χ4v) is 8.32. The minimum Gasteiger partial charge on any atom is -0.465 e. The molecule has 2 fully saturated rings. The summed E-state index contributed by atoms with van der Waals surface area (Å²) in [6.07, 6.45) is 4.06. The summed E-state index contributed by atoms with van der Waals surface area (Å²) in [5.74, 6) is -1.46. The van der Waals surface area contributed by atoms with Gasteiger partial charge >= 0.3 is 19.5 Å². The predicted octanol–water partition coefficient (Wildman–Crippen LogP) is 5.94. The minimum absolute atomic E-state index is 0.0751. The molecular formula is C38H47N2O8P. The zero-order valence-electron chi connectivity index (χ0n) is 28.1. The highest BCUT2D eigenvalue weighted by atomic mass is 31.2. The maximum Gasteiger partial charge on any atom is 0.361 e. The number of nitrogens with zero attached hydrogens (tertiary/aromatic N) is 1. The van der Waals surface area contributed by atoms with Crippen molar-refractivity contribution in [3.05, 3.63) is 102 Å². The van der Waals surface area contributed by atoms with Crippen LogP contribution in [0.4, 0.5) is 0 Å². The summed E-state index contributed by atoms with van der Waals surface area (Å²) in [4.78, 5) is 40.0. The van der Waals surface area contributed by atoms with Crippen LogP contribution in [-0.4, -0.2) is 61.1 Å². The second-order valence-corrected chi connectivity index (χ2v) is 14.7. The monoisotopic (exact) mass is 690 g/mol. The summed E-state index contributed by atoms with van der Waals surface area (Å²) >= 11 is 0. The zero-order chi connectivity index (χ0) is 34.5.